The van der Waals surface area contributed by atoms with Gasteiger partial charge in [-0.3, -0.25) is 4.31 Å². The first-order chi connectivity index (χ1) is 11.7. The van der Waals surface area contributed by atoms with Gasteiger partial charge >= 0.3 is 10.2 Å². The molecule has 6 heteroatoms. The van der Waals surface area contributed by atoms with Crippen molar-refractivity contribution in [1.82, 2.24) is 0 Å². The van der Waals surface area contributed by atoms with Gasteiger partial charge in [0.05, 0.1) is 17.1 Å². The standard InChI is InChI=1S/C16H19N3O2S.C2H6/c17-12-6-7-13-18-15-10-4-5-11-16(15)19(22(18,20)21)14-8-2-1-3-9-14;1-2/h1-5,8-11H,6-7,12-13,17H2;1-2H3. The lowest BCUT2D eigenvalue weighted by Gasteiger charge is -2.21. The van der Waals surface area contributed by atoms with E-state index in [2.05, 4.69) is 0 Å². The number of rotatable bonds is 5. The maximum Gasteiger partial charge on any atom is 0.330 e. The molecule has 2 N–H and O–H groups in total. The second kappa shape index (κ2) is 8.17. The first kappa shape index (κ1) is 18.3. The lowest BCUT2D eigenvalue weighted by molar-refractivity contribution is 0.591. The van der Waals surface area contributed by atoms with E-state index < -0.39 is 10.2 Å². The fraction of sp³-hybridized carbons (Fsp3) is 0.333. The van der Waals surface area contributed by atoms with Crippen LogP contribution in [0, 0.1) is 0 Å². The van der Waals surface area contributed by atoms with E-state index in [-0.39, 0.29) is 0 Å². The molecule has 0 saturated heterocycles. The topological polar surface area (TPSA) is 66.6 Å². The minimum absolute atomic E-state index is 0.444. The SMILES string of the molecule is CC.NCCCCN1c2ccccc2N(c2ccccc2)S1(=O)=O. The molecule has 0 aromatic heterocycles. The van der Waals surface area contributed by atoms with Crippen LogP contribution in [0.4, 0.5) is 17.1 Å². The van der Waals surface area contributed by atoms with Crippen molar-refractivity contribution >= 4 is 27.3 Å². The van der Waals surface area contributed by atoms with Gasteiger partial charge in [0.15, 0.2) is 0 Å². The van der Waals surface area contributed by atoms with Crippen LogP contribution in [0.5, 0.6) is 0 Å². The highest BCUT2D eigenvalue weighted by molar-refractivity contribution is 7.95. The van der Waals surface area contributed by atoms with E-state index in [1.807, 2.05) is 56.3 Å². The van der Waals surface area contributed by atoms with Crippen molar-refractivity contribution in [3.05, 3.63) is 54.6 Å². The summed E-state index contributed by atoms with van der Waals surface area (Å²) in [5, 5.41) is 0. The van der Waals surface area contributed by atoms with Gasteiger partial charge in [0.2, 0.25) is 0 Å². The Hall–Kier alpha value is -2.05. The number of unbranched alkanes of at least 4 members (excludes halogenated alkanes) is 1. The monoisotopic (exact) mass is 347 g/mol. The summed E-state index contributed by atoms with van der Waals surface area (Å²) in [6.07, 6.45) is 1.55. The summed E-state index contributed by atoms with van der Waals surface area (Å²) in [7, 11) is -3.59. The van der Waals surface area contributed by atoms with Gasteiger partial charge in [0.25, 0.3) is 0 Å². The lowest BCUT2D eigenvalue weighted by atomic mass is 10.2. The zero-order chi connectivity index (χ0) is 17.6. The summed E-state index contributed by atoms with van der Waals surface area (Å²) in [6, 6.07) is 16.6. The van der Waals surface area contributed by atoms with Crippen LogP contribution in [0.3, 0.4) is 0 Å². The third kappa shape index (κ3) is 3.39. The Morgan fingerprint density at radius 3 is 2.08 bits per heavy atom. The van der Waals surface area contributed by atoms with Crippen LogP contribution in [0.15, 0.2) is 54.6 Å². The second-order valence-corrected chi connectivity index (χ2v) is 6.87. The number of para-hydroxylation sites is 3. The predicted octanol–water partition coefficient (Wildman–Crippen LogP) is 3.65. The average molecular weight is 347 g/mol. The molecule has 0 fully saturated rings. The maximum atomic E-state index is 13.0. The van der Waals surface area contributed by atoms with E-state index in [9.17, 15) is 8.42 Å². The Kier molecular flexibility index (Phi) is 6.23. The Bertz CT molecular complexity index is 748. The van der Waals surface area contributed by atoms with Crippen molar-refractivity contribution in [3.8, 4) is 0 Å². The number of nitrogens with two attached hydrogens (primary N) is 1. The summed E-state index contributed by atoms with van der Waals surface area (Å²) in [5.74, 6) is 0. The zero-order valence-electron chi connectivity index (χ0n) is 14.2. The van der Waals surface area contributed by atoms with Crippen LogP contribution in [0.2, 0.25) is 0 Å². The van der Waals surface area contributed by atoms with Crippen LogP contribution in [0.25, 0.3) is 0 Å². The molecule has 0 spiro atoms. The molecule has 0 amide bonds. The molecule has 24 heavy (non-hydrogen) atoms. The maximum absolute atomic E-state index is 13.0. The molecule has 1 aliphatic rings. The first-order valence-corrected chi connectivity index (χ1v) is 9.73. The van der Waals surface area contributed by atoms with Crippen LogP contribution in [0.1, 0.15) is 26.7 Å². The molecule has 0 radical (unpaired) electrons. The molecule has 2 aromatic carbocycles. The fourth-order valence-electron chi connectivity index (χ4n) is 2.67. The van der Waals surface area contributed by atoms with Gasteiger partial charge < -0.3 is 5.73 Å². The van der Waals surface area contributed by atoms with Gasteiger partial charge in [-0.2, -0.15) is 8.42 Å². The average Bonchev–Trinajstić information content (AvgIpc) is 2.84. The highest BCUT2D eigenvalue weighted by Crippen LogP contribution is 2.44. The Balaban J connectivity index is 0.00000100. The molecule has 5 nitrogen and oxygen atoms in total. The van der Waals surface area contributed by atoms with Crippen molar-refractivity contribution in [2.75, 3.05) is 21.7 Å². The molecule has 130 valence electrons. The minimum Gasteiger partial charge on any atom is -0.330 e. The number of hydrogen-bond donors (Lipinski definition) is 1. The van der Waals surface area contributed by atoms with E-state index >= 15 is 0 Å². The zero-order valence-corrected chi connectivity index (χ0v) is 15.0. The molecule has 3 rings (SSSR count). The number of benzene rings is 2. The molecule has 0 atom stereocenters. The normalized spacial score (nSPS) is 14.8. The third-order valence-electron chi connectivity index (χ3n) is 3.68. The van der Waals surface area contributed by atoms with Crippen LogP contribution < -0.4 is 14.3 Å². The molecule has 1 heterocycles. The van der Waals surface area contributed by atoms with E-state index in [0.717, 1.165) is 18.5 Å². The molecule has 2 aromatic rings. The Morgan fingerprint density at radius 2 is 1.46 bits per heavy atom. The van der Waals surface area contributed by atoms with Gasteiger partial charge in [0, 0.05) is 6.54 Å². The molecule has 0 unspecified atom stereocenters. The van der Waals surface area contributed by atoms with Gasteiger partial charge in [-0.25, -0.2) is 4.31 Å². The van der Waals surface area contributed by atoms with Crippen molar-refractivity contribution < 1.29 is 8.42 Å². The first-order valence-electron chi connectivity index (χ1n) is 8.33. The number of anilines is 3. The quantitative estimate of drug-likeness (QED) is 0.840. The summed E-state index contributed by atoms with van der Waals surface area (Å²) in [4.78, 5) is 0. The molecule has 1 aliphatic heterocycles. The van der Waals surface area contributed by atoms with E-state index in [1.165, 1.54) is 8.61 Å². The summed E-state index contributed by atoms with van der Waals surface area (Å²) in [5.41, 5.74) is 7.59. The van der Waals surface area contributed by atoms with E-state index in [1.54, 1.807) is 12.1 Å². The fourth-order valence-corrected chi connectivity index (χ4v) is 4.42. The van der Waals surface area contributed by atoms with Crippen LogP contribution >= 0.6 is 0 Å². The largest absolute Gasteiger partial charge is 0.330 e. The molecular weight excluding hydrogens is 322 g/mol. The summed E-state index contributed by atoms with van der Waals surface area (Å²) >= 11 is 0. The van der Waals surface area contributed by atoms with Gasteiger partial charge in [-0.15, -0.1) is 0 Å². The Labute approximate surface area is 144 Å². The number of fused-ring (bicyclic) bond motifs is 1. The minimum atomic E-state index is -3.59. The van der Waals surface area contributed by atoms with Crippen molar-refractivity contribution in [2.24, 2.45) is 5.73 Å². The Morgan fingerprint density at radius 1 is 0.875 bits per heavy atom. The smallest absolute Gasteiger partial charge is 0.330 e. The predicted molar refractivity (Wildman–Crippen MR) is 101 cm³/mol. The number of hydrogen-bond acceptors (Lipinski definition) is 3. The summed E-state index contributed by atoms with van der Waals surface area (Å²) < 4.78 is 28.8. The van der Waals surface area contributed by atoms with Crippen molar-refractivity contribution in [2.45, 2.75) is 26.7 Å². The van der Waals surface area contributed by atoms with Gasteiger partial charge in [-0.1, -0.05) is 44.2 Å². The van der Waals surface area contributed by atoms with Crippen LogP contribution in [-0.4, -0.2) is 21.5 Å². The molecular formula is C18H25N3O2S. The third-order valence-corrected chi connectivity index (χ3v) is 5.49. The van der Waals surface area contributed by atoms with Crippen molar-refractivity contribution in [1.29, 1.82) is 0 Å². The highest BCUT2D eigenvalue weighted by Gasteiger charge is 2.40. The van der Waals surface area contributed by atoms with Gasteiger partial charge in [-0.05, 0) is 43.7 Å². The van der Waals surface area contributed by atoms with Crippen molar-refractivity contribution in [3.63, 3.8) is 0 Å². The molecule has 0 saturated carbocycles. The summed E-state index contributed by atoms with van der Waals surface area (Å²) in [6.45, 7) is 5.01. The lowest BCUT2D eigenvalue weighted by Crippen LogP contribution is -2.36. The number of nitrogens with zero attached hydrogens (tertiary/aromatic N) is 2. The molecule has 0 aliphatic carbocycles. The highest BCUT2D eigenvalue weighted by atomic mass is 32.2. The van der Waals surface area contributed by atoms with E-state index in [4.69, 9.17) is 5.73 Å². The van der Waals surface area contributed by atoms with E-state index in [0.29, 0.717) is 24.5 Å². The van der Waals surface area contributed by atoms with Gasteiger partial charge in [0.1, 0.15) is 0 Å². The molecule has 0 bridgehead atoms. The van der Waals surface area contributed by atoms with Crippen LogP contribution in [-0.2, 0) is 10.2 Å². The second-order valence-electron chi connectivity index (χ2n) is 5.16.